The van der Waals surface area contributed by atoms with E-state index in [9.17, 15) is 9.18 Å². The molecule has 5 heteroatoms. The van der Waals surface area contributed by atoms with Crippen molar-refractivity contribution >= 4 is 5.91 Å². The summed E-state index contributed by atoms with van der Waals surface area (Å²) >= 11 is 0. The molecular weight excluding hydrogens is 225 g/mol. The zero-order valence-corrected chi connectivity index (χ0v) is 9.30. The maximum Gasteiger partial charge on any atom is 0.226 e. The summed E-state index contributed by atoms with van der Waals surface area (Å²) in [6.07, 6.45) is -0.147. The van der Waals surface area contributed by atoms with Gasteiger partial charge in [0.1, 0.15) is 11.6 Å². The first-order chi connectivity index (χ1) is 8.15. The number of amides is 1. The van der Waals surface area contributed by atoms with E-state index < -0.39 is 0 Å². The Hall–Kier alpha value is -1.62. The monoisotopic (exact) mass is 239 g/mol. The van der Waals surface area contributed by atoms with Crippen LogP contribution >= 0.6 is 0 Å². The van der Waals surface area contributed by atoms with Gasteiger partial charge >= 0.3 is 0 Å². The topological polar surface area (TPSA) is 49.8 Å². The van der Waals surface area contributed by atoms with E-state index in [4.69, 9.17) is 9.84 Å². The van der Waals surface area contributed by atoms with Crippen LogP contribution in [-0.4, -0.2) is 41.7 Å². The molecule has 1 aromatic carbocycles. The van der Waals surface area contributed by atoms with Crippen molar-refractivity contribution in [1.29, 1.82) is 0 Å². The molecule has 2 rings (SSSR count). The Morgan fingerprint density at radius 2 is 2.29 bits per heavy atom. The Bertz CT molecular complexity index is 404. The van der Waals surface area contributed by atoms with Gasteiger partial charge in [-0.1, -0.05) is 6.07 Å². The van der Waals surface area contributed by atoms with E-state index in [2.05, 4.69) is 0 Å². The van der Waals surface area contributed by atoms with Crippen LogP contribution in [0.25, 0.3) is 0 Å². The molecule has 0 spiro atoms. The van der Waals surface area contributed by atoms with Gasteiger partial charge < -0.3 is 14.7 Å². The van der Waals surface area contributed by atoms with Gasteiger partial charge in [0.2, 0.25) is 5.91 Å². The molecule has 92 valence electrons. The highest BCUT2D eigenvalue weighted by molar-refractivity contribution is 5.77. The summed E-state index contributed by atoms with van der Waals surface area (Å²) in [6.45, 7) is 1.02. The van der Waals surface area contributed by atoms with Crippen LogP contribution in [0.5, 0.6) is 5.75 Å². The maximum atomic E-state index is 12.8. The summed E-state index contributed by atoms with van der Waals surface area (Å²) in [5, 5.41) is 9.03. The number of likely N-dealkylation sites (tertiary alicyclic amines) is 1. The number of rotatable bonds is 4. The largest absolute Gasteiger partial charge is 0.493 e. The molecule has 17 heavy (non-hydrogen) atoms. The van der Waals surface area contributed by atoms with E-state index in [1.54, 1.807) is 17.0 Å². The summed E-state index contributed by atoms with van der Waals surface area (Å²) in [5.74, 6) is 0.00726. The van der Waals surface area contributed by atoms with Crippen LogP contribution in [0.1, 0.15) is 6.42 Å². The first-order valence-electron chi connectivity index (χ1n) is 5.49. The number of aliphatic hydroxyl groups excluding tert-OH is 1. The van der Waals surface area contributed by atoms with Gasteiger partial charge in [-0.25, -0.2) is 4.39 Å². The molecule has 0 aliphatic carbocycles. The minimum absolute atomic E-state index is 0.0493. The molecular formula is C12H14FNO3. The second-order valence-electron chi connectivity index (χ2n) is 4.01. The molecule has 0 radical (unpaired) electrons. The number of carbonyl (C=O) groups excluding carboxylic acids is 1. The minimum Gasteiger partial charge on any atom is -0.493 e. The molecule has 1 aliphatic heterocycles. The smallest absolute Gasteiger partial charge is 0.226 e. The van der Waals surface area contributed by atoms with Crippen LogP contribution in [0.4, 0.5) is 4.39 Å². The van der Waals surface area contributed by atoms with Crippen molar-refractivity contribution in [2.75, 3.05) is 19.7 Å². The lowest BCUT2D eigenvalue weighted by Crippen LogP contribution is -2.53. The maximum absolute atomic E-state index is 12.8. The Balaban J connectivity index is 1.71. The van der Waals surface area contributed by atoms with Crippen LogP contribution in [0, 0.1) is 5.82 Å². The van der Waals surface area contributed by atoms with E-state index in [1.165, 1.54) is 12.1 Å². The summed E-state index contributed by atoms with van der Waals surface area (Å²) in [5.41, 5.74) is 0. The minimum atomic E-state index is -0.386. The predicted octanol–water partition coefficient (Wildman–Crippen LogP) is 0.798. The van der Waals surface area contributed by atoms with Crippen molar-refractivity contribution in [3.8, 4) is 5.75 Å². The number of halogens is 1. The van der Waals surface area contributed by atoms with Crippen LogP contribution in [0.2, 0.25) is 0 Å². The fourth-order valence-corrected chi connectivity index (χ4v) is 1.63. The first-order valence-corrected chi connectivity index (χ1v) is 5.49. The van der Waals surface area contributed by atoms with E-state index in [0.717, 1.165) is 0 Å². The van der Waals surface area contributed by atoms with E-state index in [1.807, 2.05) is 0 Å². The normalized spacial score (nSPS) is 15.5. The van der Waals surface area contributed by atoms with Crippen LogP contribution in [-0.2, 0) is 4.79 Å². The number of aliphatic hydroxyl groups is 1. The number of nitrogens with zero attached hydrogens (tertiary/aromatic N) is 1. The number of β-amino-alcohol motifs (C(OH)–C–C–N with tert-alkyl or cyclic N) is 1. The Kier molecular flexibility index (Phi) is 3.58. The molecule has 4 nitrogen and oxygen atoms in total. The lowest BCUT2D eigenvalue weighted by Gasteiger charge is -2.35. The third-order valence-corrected chi connectivity index (χ3v) is 2.60. The van der Waals surface area contributed by atoms with Crippen LogP contribution in [0.3, 0.4) is 0 Å². The fourth-order valence-electron chi connectivity index (χ4n) is 1.63. The van der Waals surface area contributed by atoms with Crippen molar-refractivity contribution in [3.63, 3.8) is 0 Å². The second kappa shape index (κ2) is 5.14. The van der Waals surface area contributed by atoms with Crippen molar-refractivity contribution < 1.29 is 19.0 Å². The third-order valence-electron chi connectivity index (χ3n) is 2.60. The average Bonchev–Trinajstić information content (AvgIpc) is 2.25. The van der Waals surface area contributed by atoms with E-state index >= 15 is 0 Å². The van der Waals surface area contributed by atoms with Gasteiger partial charge in [0.15, 0.2) is 0 Å². The predicted molar refractivity (Wildman–Crippen MR) is 59.1 cm³/mol. The number of hydrogen-bond acceptors (Lipinski definition) is 3. The molecule has 1 fully saturated rings. The number of carbonyl (C=O) groups is 1. The lowest BCUT2D eigenvalue weighted by molar-refractivity contribution is -0.141. The molecule has 1 aromatic rings. The quantitative estimate of drug-likeness (QED) is 0.845. The summed E-state index contributed by atoms with van der Waals surface area (Å²) in [6, 6.07) is 5.80. The molecule has 1 aliphatic rings. The third kappa shape index (κ3) is 3.17. The lowest BCUT2D eigenvalue weighted by atomic mass is 10.1. The Labute approximate surface area is 98.6 Å². The number of ether oxygens (including phenoxy) is 1. The molecule has 0 saturated carbocycles. The van der Waals surface area contributed by atoms with Gasteiger partial charge in [-0.3, -0.25) is 4.79 Å². The molecule has 0 atom stereocenters. The van der Waals surface area contributed by atoms with Crippen LogP contribution in [0.15, 0.2) is 24.3 Å². The molecule has 1 heterocycles. The van der Waals surface area contributed by atoms with Gasteiger partial charge in [0, 0.05) is 19.2 Å². The Morgan fingerprint density at radius 1 is 1.53 bits per heavy atom. The molecule has 1 saturated heterocycles. The standard InChI is InChI=1S/C12H14FNO3/c13-9-2-1-3-11(6-9)17-5-4-12(16)14-7-10(15)8-14/h1-3,6,10,15H,4-5,7-8H2. The number of benzene rings is 1. The SMILES string of the molecule is O=C(CCOc1cccc(F)c1)N1CC(O)C1. The van der Waals surface area contributed by atoms with Gasteiger partial charge in [-0.15, -0.1) is 0 Å². The fraction of sp³-hybridized carbons (Fsp3) is 0.417. The molecule has 1 amide bonds. The summed E-state index contributed by atoms with van der Waals surface area (Å²) in [4.78, 5) is 13.1. The van der Waals surface area contributed by atoms with E-state index in [0.29, 0.717) is 18.8 Å². The highest BCUT2D eigenvalue weighted by Gasteiger charge is 2.28. The second-order valence-corrected chi connectivity index (χ2v) is 4.01. The van der Waals surface area contributed by atoms with Gasteiger partial charge in [-0.2, -0.15) is 0 Å². The Morgan fingerprint density at radius 3 is 2.94 bits per heavy atom. The highest BCUT2D eigenvalue weighted by Crippen LogP contribution is 2.13. The summed E-state index contributed by atoms with van der Waals surface area (Å²) < 4.78 is 18.1. The molecule has 0 aromatic heterocycles. The van der Waals surface area contributed by atoms with Gasteiger partial charge in [0.25, 0.3) is 0 Å². The zero-order chi connectivity index (χ0) is 12.3. The van der Waals surface area contributed by atoms with Crippen molar-refractivity contribution in [2.45, 2.75) is 12.5 Å². The van der Waals surface area contributed by atoms with Gasteiger partial charge in [0.05, 0.1) is 19.1 Å². The average molecular weight is 239 g/mol. The zero-order valence-electron chi connectivity index (χ0n) is 9.30. The number of hydrogen-bond donors (Lipinski definition) is 1. The highest BCUT2D eigenvalue weighted by atomic mass is 19.1. The van der Waals surface area contributed by atoms with Crippen molar-refractivity contribution in [3.05, 3.63) is 30.1 Å². The van der Waals surface area contributed by atoms with Crippen molar-refractivity contribution in [1.82, 2.24) is 4.90 Å². The van der Waals surface area contributed by atoms with E-state index in [-0.39, 0.29) is 30.9 Å². The molecule has 0 unspecified atom stereocenters. The summed E-state index contributed by atoms with van der Waals surface area (Å²) in [7, 11) is 0. The molecule has 1 N–H and O–H groups in total. The first kappa shape index (κ1) is 11.9. The van der Waals surface area contributed by atoms with Crippen molar-refractivity contribution in [2.24, 2.45) is 0 Å². The van der Waals surface area contributed by atoms with Crippen LogP contribution < -0.4 is 4.74 Å². The van der Waals surface area contributed by atoms with Gasteiger partial charge in [-0.05, 0) is 12.1 Å². The molecule has 0 bridgehead atoms.